The maximum Gasteiger partial charge on any atom is 0.246 e. The Hall–Kier alpha value is -1.39. The lowest BCUT2D eigenvalue weighted by molar-refractivity contribution is -0.165. The molecule has 3 fully saturated rings. The summed E-state index contributed by atoms with van der Waals surface area (Å²) in [6.07, 6.45) is 7.19. The molecule has 0 N–H and O–H groups in total. The van der Waals surface area contributed by atoms with Gasteiger partial charge in [0.15, 0.2) is 5.78 Å². The van der Waals surface area contributed by atoms with E-state index in [2.05, 4.69) is 0 Å². The van der Waals surface area contributed by atoms with E-state index >= 15 is 0 Å². The molecule has 0 aromatic carbocycles. The van der Waals surface area contributed by atoms with Crippen LogP contribution in [0, 0.1) is 5.92 Å². The number of Topliss-reactive ketones (excluding diaryl/α,β-unsaturated/α-hetero) is 1. The highest BCUT2D eigenvalue weighted by Gasteiger charge is 2.55. The maximum absolute atomic E-state index is 13.2. The number of hydrogen-bond acceptors (Lipinski definition) is 3. The summed E-state index contributed by atoms with van der Waals surface area (Å²) in [6.45, 7) is 5.66. The van der Waals surface area contributed by atoms with Gasteiger partial charge in [0.1, 0.15) is 12.1 Å². The van der Waals surface area contributed by atoms with E-state index in [9.17, 15) is 14.4 Å². The number of fused-ring (bicyclic) bond motifs is 3. The zero-order valence-corrected chi connectivity index (χ0v) is 15.2. The molecular weight excluding hydrogens is 304 g/mol. The molecule has 1 saturated carbocycles. The molecule has 2 saturated heterocycles. The van der Waals surface area contributed by atoms with Crippen LogP contribution in [0.25, 0.3) is 0 Å². The molecule has 0 radical (unpaired) electrons. The van der Waals surface area contributed by atoms with Gasteiger partial charge in [-0.05, 0) is 38.5 Å². The summed E-state index contributed by atoms with van der Waals surface area (Å²) in [5, 5.41) is 0. The molecule has 24 heavy (non-hydrogen) atoms. The molecule has 1 unspecified atom stereocenters. The van der Waals surface area contributed by atoms with Crippen LogP contribution in [0.15, 0.2) is 0 Å². The largest absolute Gasteiger partial charge is 0.326 e. The Balaban J connectivity index is 1.90. The SMILES string of the molecule is CCCC(C(=O)CC)N1C(=O)[C@@H]2C[C@@H]3CCCC[C@@H]3N2C(=O)[C@@H]1C. The van der Waals surface area contributed by atoms with Gasteiger partial charge in [-0.3, -0.25) is 14.4 Å². The Morgan fingerprint density at radius 1 is 1.17 bits per heavy atom. The molecule has 2 heterocycles. The van der Waals surface area contributed by atoms with Crippen LogP contribution in [-0.2, 0) is 14.4 Å². The first kappa shape index (κ1) is 17.4. The zero-order valence-electron chi connectivity index (χ0n) is 15.2. The summed E-state index contributed by atoms with van der Waals surface area (Å²) in [4.78, 5) is 42.2. The van der Waals surface area contributed by atoms with Gasteiger partial charge in [0.25, 0.3) is 0 Å². The summed E-state index contributed by atoms with van der Waals surface area (Å²) in [5.74, 6) is 0.611. The van der Waals surface area contributed by atoms with Crippen molar-refractivity contribution in [2.45, 2.75) is 96.3 Å². The zero-order chi connectivity index (χ0) is 17.4. The Morgan fingerprint density at radius 2 is 1.88 bits per heavy atom. The van der Waals surface area contributed by atoms with Gasteiger partial charge in [-0.2, -0.15) is 0 Å². The first-order valence-electron chi connectivity index (χ1n) is 9.68. The van der Waals surface area contributed by atoms with E-state index in [0.717, 1.165) is 32.1 Å². The van der Waals surface area contributed by atoms with Gasteiger partial charge >= 0.3 is 0 Å². The van der Waals surface area contributed by atoms with Crippen LogP contribution in [0.5, 0.6) is 0 Å². The predicted octanol–water partition coefficient (Wildman–Crippen LogP) is 2.52. The van der Waals surface area contributed by atoms with E-state index in [1.165, 1.54) is 6.42 Å². The molecule has 3 rings (SSSR count). The lowest BCUT2D eigenvalue weighted by Crippen LogP contribution is -2.66. The summed E-state index contributed by atoms with van der Waals surface area (Å²) < 4.78 is 0. The van der Waals surface area contributed by atoms with Crippen LogP contribution in [-0.4, -0.2) is 51.6 Å². The van der Waals surface area contributed by atoms with Crippen molar-refractivity contribution >= 4 is 17.6 Å². The van der Waals surface area contributed by atoms with Crippen molar-refractivity contribution in [2.75, 3.05) is 0 Å². The number of piperazine rings is 1. The van der Waals surface area contributed by atoms with E-state index < -0.39 is 12.1 Å². The monoisotopic (exact) mass is 334 g/mol. The van der Waals surface area contributed by atoms with Gasteiger partial charge in [-0.1, -0.05) is 33.1 Å². The second-order valence-electron chi connectivity index (χ2n) is 7.65. The van der Waals surface area contributed by atoms with Crippen LogP contribution in [0.1, 0.15) is 72.1 Å². The fourth-order valence-electron chi connectivity index (χ4n) is 5.08. The van der Waals surface area contributed by atoms with Crippen molar-refractivity contribution in [1.29, 1.82) is 0 Å². The molecule has 134 valence electrons. The lowest BCUT2D eigenvalue weighted by atomic mass is 9.85. The smallest absolute Gasteiger partial charge is 0.246 e. The molecule has 5 heteroatoms. The Bertz CT molecular complexity index is 533. The van der Waals surface area contributed by atoms with Crippen molar-refractivity contribution in [1.82, 2.24) is 9.80 Å². The molecule has 0 aromatic rings. The number of carbonyl (C=O) groups excluding carboxylic acids is 3. The number of amides is 2. The van der Waals surface area contributed by atoms with Crippen LogP contribution in [0.3, 0.4) is 0 Å². The summed E-state index contributed by atoms with van der Waals surface area (Å²) in [5.41, 5.74) is 0. The molecule has 5 nitrogen and oxygen atoms in total. The van der Waals surface area contributed by atoms with Gasteiger partial charge in [0.05, 0.1) is 6.04 Å². The molecule has 1 aliphatic carbocycles. The first-order chi connectivity index (χ1) is 11.5. The molecule has 5 atom stereocenters. The molecule has 2 aliphatic heterocycles. The highest BCUT2D eigenvalue weighted by molar-refractivity contribution is 6.00. The summed E-state index contributed by atoms with van der Waals surface area (Å²) in [6, 6.07) is -1.03. The standard InChI is InChI=1S/C19H30N2O3/c1-4-8-15(17(22)5-2)20-12(3)18(23)21-14-10-7-6-9-13(14)11-16(21)19(20)24/h12-16H,4-11H2,1-3H3/t12-,13-,14-,15?,16-/m0/s1. The second-order valence-corrected chi connectivity index (χ2v) is 7.65. The van der Waals surface area contributed by atoms with E-state index in [0.29, 0.717) is 18.8 Å². The summed E-state index contributed by atoms with van der Waals surface area (Å²) >= 11 is 0. The van der Waals surface area contributed by atoms with E-state index in [1.54, 1.807) is 11.8 Å². The Kier molecular flexibility index (Phi) is 4.97. The highest BCUT2D eigenvalue weighted by atomic mass is 16.2. The molecular formula is C19H30N2O3. The van der Waals surface area contributed by atoms with E-state index in [4.69, 9.17) is 0 Å². The minimum Gasteiger partial charge on any atom is -0.326 e. The molecule has 2 amide bonds. The van der Waals surface area contributed by atoms with E-state index in [-0.39, 0.29) is 29.7 Å². The van der Waals surface area contributed by atoms with Crippen molar-refractivity contribution in [3.63, 3.8) is 0 Å². The highest BCUT2D eigenvalue weighted by Crippen LogP contribution is 2.43. The average Bonchev–Trinajstić information content (AvgIpc) is 2.98. The number of hydrogen-bond donors (Lipinski definition) is 0. The van der Waals surface area contributed by atoms with Crippen molar-refractivity contribution in [3.8, 4) is 0 Å². The Labute approximate surface area is 144 Å². The number of carbonyl (C=O) groups is 3. The number of rotatable bonds is 5. The third kappa shape index (κ3) is 2.66. The third-order valence-corrected chi connectivity index (χ3v) is 6.27. The molecule has 0 aromatic heterocycles. The Morgan fingerprint density at radius 3 is 2.54 bits per heavy atom. The van der Waals surface area contributed by atoms with Crippen LogP contribution >= 0.6 is 0 Å². The normalized spacial score (nSPS) is 34.1. The first-order valence-corrected chi connectivity index (χ1v) is 9.68. The predicted molar refractivity (Wildman–Crippen MR) is 91.3 cm³/mol. The molecule has 0 spiro atoms. The van der Waals surface area contributed by atoms with Crippen LogP contribution in [0.2, 0.25) is 0 Å². The van der Waals surface area contributed by atoms with Gasteiger partial charge in [0, 0.05) is 12.5 Å². The van der Waals surface area contributed by atoms with Gasteiger partial charge in [-0.25, -0.2) is 0 Å². The van der Waals surface area contributed by atoms with Gasteiger partial charge in [0.2, 0.25) is 11.8 Å². The van der Waals surface area contributed by atoms with Gasteiger partial charge < -0.3 is 9.80 Å². The number of ketones is 1. The minimum atomic E-state index is -0.513. The lowest BCUT2D eigenvalue weighted by Gasteiger charge is -2.46. The second kappa shape index (κ2) is 6.85. The fraction of sp³-hybridized carbons (Fsp3) is 0.842. The third-order valence-electron chi connectivity index (χ3n) is 6.27. The topological polar surface area (TPSA) is 57.7 Å². The van der Waals surface area contributed by atoms with Crippen molar-refractivity contribution in [3.05, 3.63) is 0 Å². The van der Waals surface area contributed by atoms with Gasteiger partial charge in [-0.15, -0.1) is 0 Å². The van der Waals surface area contributed by atoms with Crippen molar-refractivity contribution < 1.29 is 14.4 Å². The fourth-order valence-corrected chi connectivity index (χ4v) is 5.08. The van der Waals surface area contributed by atoms with E-state index in [1.807, 2.05) is 18.7 Å². The van der Waals surface area contributed by atoms with Crippen LogP contribution < -0.4 is 0 Å². The molecule has 3 aliphatic rings. The quantitative estimate of drug-likeness (QED) is 0.776. The van der Waals surface area contributed by atoms with Crippen LogP contribution in [0.4, 0.5) is 0 Å². The average molecular weight is 334 g/mol. The molecule has 0 bridgehead atoms. The summed E-state index contributed by atoms with van der Waals surface area (Å²) in [7, 11) is 0. The minimum absolute atomic E-state index is 0.0109. The maximum atomic E-state index is 13.2. The number of nitrogens with zero attached hydrogens (tertiary/aromatic N) is 2. The van der Waals surface area contributed by atoms with Crippen molar-refractivity contribution in [2.24, 2.45) is 5.92 Å².